The number of halogens is 1. The van der Waals surface area contributed by atoms with E-state index in [1.807, 2.05) is 18.2 Å². The fraction of sp³-hybridized carbons (Fsp3) is 0.471. The Morgan fingerprint density at radius 2 is 1.80 bits per heavy atom. The summed E-state index contributed by atoms with van der Waals surface area (Å²) in [4.78, 5) is 50.6. The summed E-state index contributed by atoms with van der Waals surface area (Å²) in [5.74, 6) is -1.93. The summed E-state index contributed by atoms with van der Waals surface area (Å²) in [7, 11) is 1.50. The van der Waals surface area contributed by atoms with Crippen molar-refractivity contribution in [2.45, 2.75) is 70.7 Å². The number of rotatable bonds is 18. The van der Waals surface area contributed by atoms with E-state index in [9.17, 15) is 24.3 Å². The Hall–Kier alpha value is -3.93. The Balaban J connectivity index is 1.60. The van der Waals surface area contributed by atoms with Crippen LogP contribution >= 0.6 is 11.6 Å². The molecule has 0 radical (unpaired) electrons. The molecule has 3 amide bonds. The van der Waals surface area contributed by atoms with E-state index < -0.39 is 41.2 Å². The molecular formula is C34H45ClN4O7. The SMILES string of the molecule is COc1ccc(C[C@@H](NC(=O)/C=C/CC[C@H](C)[C@H]2O[C@@H]2c2ccccc2)C(=O)NCC(C)(C)C(=O)N[C@@H](CCN)C(=O)O)cc1Cl. The number of hydrogen-bond acceptors (Lipinski definition) is 7. The van der Waals surface area contributed by atoms with E-state index in [2.05, 4.69) is 35.0 Å². The lowest BCUT2D eigenvalue weighted by Gasteiger charge is -2.27. The van der Waals surface area contributed by atoms with Crippen molar-refractivity contribution in [2.24, 2.45) is 17.1 Å². The average Bonchev–Trinajstić information content (AvgIpc) is 3.83. The zero-order valence-corrected chi connectivity index (χ0v) is 27.5. The molecule has 0 aliphatic carbocycles. The van der Waals surface area contributed by atoms with Crippen molar-refractivity contribution in [2.75, 3.05) is 20.2 Å². The topological polar surface area (TPSA) is 172 Å². The zero-order valence-electron chi connectivity index (χ0n) is 26.8. The van der Waals surface area contributed by atoms with Crippen molar-refractivity contribution in [1.29, 1.82) is 0 Å². The maximum Gasteiger partial charge on any atom is 0.326 e. The summed E-state index contributed by atoms with van der Waals surface area (Å²) < 4.78 is 11.1. The molecule has 0 saturated carbocycles. The van der Waals surface area contributed by atoms with Crippen LogP contribution in [0.3, 0.4) is 0 Å². The maximum absolute atomic E-state index is 13.4. The number of aliphatic carboxylic acids is 1. The van der Waals surface area contributed by atoms with Gasteiger partial charge in [-0.2, -0.15) is 0 Å². The molecule has 1 fully saturated rings. The molecule has 1 saturated heterocycles. The van der Waals surface area contributed by atoms with E-state index in [0.29, 0.717) is 28.7 Å². The molecule has 0 aromatic heterocycles. The van der Waals surface area contributed by atoms with Crippen LogP contribution in [0.2, 0.25) is 5.02 Å². The Kier molecular flexibility index (Phi) is 13.6. The van der Waals surface area contributed by atoms with Crippen molar-refractivity contribution >= 4 is 35.3 Å². The third-order valence-corrected chi connectivity index (χ3v) is 8.23. The van der Waals surface area contributed by atoms with E-state index in [4.69, 9.17) is 26.8 Å². The van der Waals surface area contributed by atoms with Crippen molar-refractivity contribution in [3.05, 3.63) is 76.8 Å². The molecule has 0 unspecified atom stereocenters. The highest BCUT2D eigenvalue weighted by Gasteiger charge is 2.43. The lowest BCUT2D eigenvalue weighted by molar-refractivity contribution is -0.143. The summed E-state index contributed by atoms with van der Waals surface area (Å²) in [5, 5.41) is 17.7. The lowest BCUT2D eigenvalue weighted by Crippen LogP contribution is -2.53. The normalized spacial score (nSPS) is 17.9. The molecule has 6 N–H and O–H groups in total. The number of carboxylic acids is 1. The molecule has 46 heavy (non-hydrogen) atoms. The number of carboxylic acid groups (broad SMARTS) is 1. The predicted octanol–water partition coefficient (Wildman–Crippen LogP) is 3.55. The second-order valence-electron chi connectivity index (χ2n) is 12.2. The summed E-state index contributed by atoms with van der Waals surface area (Å²) in [6, 6.07) is 13.0. The number of carbonyl (C=O) groups is 4. The fourth-order valence-corrected chi connectivity index (χ4v) is 5.25. The minimum atomic E-state index is -1.20. The van der Waals surface area contributed by atoms with Gasteiger partial charge in [0.15, 0.2) is 0 Å². The number of nitrogens with two attached hydrogens (primary N) is 1. The van der Waals surface area contributed by atoms with Crippen LogP contribution < -0.4 is 26.4 Å². The predicted molar refractivity (Wildman–Crippen MR) is 175 cm³/mol. The second-order valence-corrected chi connectivity index (χ2v) is 12.6. The Morgan fingerprint density at radius 1 is 1.09 bits per heavy atom. The molecule has 12 heteroatoms. The lowest BCUT2D eigenvalue weighted by atomic mass is 9.91. The van der Waals surface area contributed by atoms with Crippen LogP contribution in [0, 0.1) is 11.3 Å². The van der Waals surface area contributed by atoms with E-state index >= 15 is 0 Å². The third kappa shape index (κ3) is 10.9. The number of ether oxygens (including phenoxy) is 2. The van der Waals surface area contributed by atoms with Crippen LogP contribution in [-0.2, 0) is 30.3 Å². The molecular weight excluding hydrogens is 612 g/mol. The molecule has 11 nitrogen and oxygen atoms in total. The maximum atomic E-state index is 13.4. The first kappa shape index (κ1) is 36.5. The van der Waals surface area contributed by atoms with Crippen molar-refractivity contribution in [3.63, 3.8) is 0 Å². The highest BCUT2D eigenvalue weighted by atomic mass is 35.5. The van der Waals surface area contributed by atoms with Gasteiger partial charge in [-0.05, 0) is 74.9 Å². The van der Waals surface area contributed by atoms with Gasteiger partial charge in [-0.15, -0.1) is 0 Å². The largest absolute Gasteiger partial charge is 0.495 e. The second kappa shape index (κ2) is 17.1. The Morgan fingerprint density at radius 3 is 2.43 bits per heavy atom. The van der Waals surface area contributed by atoms with Gasteiger partial charge in [0.1, 0.15) is 23.9 Å². The first-order valence-corrected chi connectivity index (χ1v) is 15.8. The smallest absolute Gasteiger partial charge is 0.326 e. The van der Waals surface area contributed by atoms with Gasteiger partial charge in [0, 0.05) is 13.0 Å². The van der Waals surface area contributed by atoms with Gasteiger partial charge >= 0.3 is 5.97 Å². The summed E-state index contributed by atoms with van der Waals surface area (Å²) in [5.41, 5.74) is 6.16. The number of allylic oxidation sites excluding steroid dienone is 1. The number of hydrogen-bond donors (Lipinski definition) is 5. The molecule has 0 spiro atoms. The van der Waals surface area contributed by atoms with Crippen molar-refractivity contribution in [3.8, 4) is 5.75 Å². The average molecular weight is 657 g/mol. The highest BCUT2D eigenvalue weighted by Crippen LogP contribution is 2.44. The molecule has 2 aromatic rings. The Bertz CT molecular complexity index is 1380. The van der Waals surface area contributed by atoms with E-state index in [-0.39, 0.29) is 38.1 Å². The number of amides is 3. The summed E-state index contributed by atoms with van der Waals surface area (Å²) in [6.45, 7) is 5.27. The van der Waals surface area contributed by atoms with Gasteiger partial charge in [-0.1, -0.05) is 61.0 Å². The number of carbonyl (C=O) groups excluding carboxylic acids is 3. The molecule has 3 rings (SSSR count). The van der Waals surface area contributed by atoms with Gasteiger partial charge < -0.3 is 36.3 Å². The quantitative estimate of drug-likeness (QED) is 0.120. The third-order valence-electron chi connectivity index (χ3n) is 7.94. The van der Waals surface area contributed by atoms with E-state index in [1.165, 1.54) is 13.2 Å². The van der Waals surface area contributed by atoms with Crippen LogP contribution in [0.5, 0.6) is 5.75 Å². The highest BCUT2D eigenvalue weighted by molar-refractivity contribution is 6.32. The van der Waals surface area contributed by atoms with Crippen LogP contribution in [0.15, 0.2) is 60.7 Å². The van der Waals surface area contributed by atoms with E-state index in [0.717, 1.165) is 12.0 Å². The number of methoxy groups -OCH3 is 1. The first-order chi connectivity index (χ1) is 21.9. The van der Waals surface area contributed by atoms with Crippen molar-refractivity contribution < 1.29 is 33.8 Å². The van der Waals surface area contributed by atoms with Crippen LogP contribution in [-0.4, -0.2) is 67.2 Å². The van der Waals surface area contributed by atoms with Crippen LogP contribution in [0.1, 0.15) is 57.3 Å². The zero-order chi connectivity index (χ0) is 33.9. The van der Waals surface area contributed by atoms with Crippen LogP contribution in [0.4, 0.5) is 0 Å². The monoisotopic (exact) mass is 656 g/mol. The minimum absolute atomic E-state index is 0.0665. The summed E-state index contributed by atoms with van der Waals surface area (Å²) >= 11 is 6.29. The molecule has 2 aromatic carbocycles. The molecule has 5 atom stereocenters. The van der Waals surface area contributed by atoms with Gasteiger partial charge in [0.25, 0.3) is 0 Å². The molecule has 1 aliphatic rings. The minimum Gasteiger partial charge on any atom is -0.495 e. The van der Waals surface area contributed by atoms with Gasteiger partial charge in [0.05, 0.1) is 23.7 Å². The number of benzene rings is 2. The van der Waals surface area contributed by atoms with E-state index in [1.54, 1.807) is 38.1 Å². The van der Waals surface area contributed by atoms with Crippen LogP contribution in [0.25, 0.3) is 0 Å². The Labute approximate surface area is 275 Å². The van der Waals surface area contributed by atoms with Gasteiger partial charge in [-0.3, -0.25) is 14.4 Å². The number of epoxide rings is 1. The van der Waals surface area contributed by atoms with Gasteiger partial charge in [-0.25, -0.2) is 4.79 Å². The first-order valence-electron chi connectivity index (χ1n) is 15.4. The molecule has 1 aliphatic heterocycles. The number of nitrogens with one attached hydrogen (secondary N) is 3. The standard InChI is InChI=1S/C34H45ClN4O7/c1-21(29-30(46-29)23-11-6-5-7-12-23)10-8-9-13-28(40)38-26(19-22-14-15-27(45-4)24(35)18-22)31(41)37-20-34(2,3)33(44)39-25(16-17-36)32(42)43/h5-7,9,11-15,18,21,25-26,29-30H,8,10,16-17,19-20,36H2,1-4H3,(H,37,41)(H,38,40)(H,39,44)(H,42,43)/b13-9+/t21-,25-,26+,29+,30+/m0/s1. The van der Waals surface area contributed by atoms with Gasteiger partial charge in [0.2, 0.25) is 17.7 Å². The molecule has 250 valence electrons. The molecule has 1 heterocycles. The molecule has 0 bridgehead atoms. The summed E-state index contributed by atoms with van der Waals surface area (Å²) in [6.07, 6.45) is 5.12. The fourth-order valence-electron chi connectivity index (χ4n) is 4.97. The van der Waals surface area contributed by atoms with Crippen molar-refractivity contribution in [1.82, 2.24) is 16.0 Å².